The summed E-state index contributed by atoms with van der Waals surface area (Å²) in [5.74, 6) is 1.06. The Morgan fingerprint density at radius 1 is 1.12 bits per heavy atom. The summed E-state index contributed by atoms with van der Waals surface area (Å²) in [6.45, 7) is -2.86. The van der Waals surface area contributed by atoms with Crippen LogP contribution in [0.3, 0.4) is 0 Å². The largest absolute Gasteiger partial charge is 0.435 e. The van der Waals surface area contributed by atoms with Crippen molar-refractivity contribution in [1.29, 1.82) is 0 Å². The predicted octanol–water partition coefficient (Wildman–Crippen LogP) is 3.70. The number of ether oxygens (including phenoxy) is 1. The van der Waals surface area contributed by atoms with Crippen molar-refractivity contribution in [2.75, 3.05) is 0 Å². The van der Waals surface area contributed by atoms with Crippen LogP contribution in [0.4, 0.5) is 8.78 Å². The minimum absolute atomic E-state index is 0.0687. The van der Waals surface area contributed by atoms with E-state index in [1.165, 1.54) is 28.6 Å². The van der Waals surface area contributed by atoms with Crippen molar-refractivity contribution < 1.29 is 17.9 Å². The highest BCUT2D eigenvalue weighted by Gasteiger charge is 2.12. The fourth-order valence-corrected chi connectivity index (χ4v) is 3.05. The standard InChI is InChI=1S/C16H11F2N5O2S/c17-15(18)24-11-7-5-10(6-8-11)23-14(20-21-22-23)9-26-16-19-12-3-1-2-4-13(12)25-16/h1-8,15H,9H2. The molecule has 0 aliphatic carbocycles. The van der Waals surface area contributed by atoms with E-state index in [2.05, 4.69) is 25.2 Å². The monoisotopic (exact) mass is 375 g/mol. The zero-order valence-electron chi connectivity index (χ0n) is 13.1. The van der Waals surface area contributed by atoms with Gasteiger partial charge in [0.05, 0.1) is 11.4 Å². The van der Waals surface area contributed by atoms with Crippen molar-refractivity contribution in [2.45, 2.75) is 17.6 Å². The second-order valence-corrected chi connectivity index (χ2v) is 6.04. The molecule has 0 unspecified atom stereocenters. The molecule has 4 aromatic rings. The van der Waals surface area contributed by atoms with Gasteiger partial charge in [-0.1, -0.05) is 23.9 Å². The molecule has 0 N–H and O–H groups in total. The molecule has 0 amide bonds. The topological polar surface area (TPSA) is 78.9 Å². The summed E-state index contributed by atoms with van der Waals surface area (Å²) in [7, 11) is 0. The molecule has 2 aromatic heterocycles. The maximum absolute atomic E-state index is 12.2. The number of fused-ring (bicyclic) bond motifs is 1. The van der Waals surface area contributed by atoms with Crippen molar-refractivity contribution in [1.82, 2.24) is 25.2 Å². The van der Waals surface area contributed by atoms with E-state index in [9.17, 15) is 8.78 Å². The number of nitrogens with zero attached hydrogens (tertiary/aromatic N) is 5. The SMILES string of the molecule is FC(F)Oc1ccc(-n2nnnc2CSc2nc3ccccc3o2)cc1. The number of rotatable bonds is 6. The Bertz CT molecular complexity index is 986. The lowest BCUT2D eigenvalue weighted by Crippen LogP contribution is -2.04. The molecule has 132 valence electrons. The molecule has 4 rings (SSSR count). The molecule has 2 heterocycles. The maximum atomic E-state index is 12.2. The third kappa shape index (κ3) is 3.49. The number of alkyl halides is 2. The van der Waals surface area contributed by atoms with E-state index in [0.29, 0.717) is 28.1 Å². The third-order valence-corrected chi connectivity index (χ3v) is 4.26. The van der Waals surface area contributed by atoms with Gasteiger partial charge in [-0.05, 0) is 46.8 Å². The van der Waals surface area contributed by atoms with Crippen molar-refractivity contribution in [3.8, 4) is 11.4 Å². The Morgan fingerprint density at radius 2 is 1.92 bits per heavy atom. The predicted molar refractivity (Wildman–Crippen MR) is 89.4 cm³/mol. The molecule has 7 nitrogen and oxygen atoms in total. The number of oxazole rings is 1. The highest BCUT2D eigenvalue weighted by atomic mass is 32.2. The van der Waals surface area contributed by atoms with Gasteiger partial charge in [-0.15, -0.1) is 5.10 Å². The lowest BCUT2D eigenvalue weighted by atomic mass is 10.3. The van der Waals surface area contributed by atoms with Crippen LogP contribution >= 0.6 is 11.8 Å². The van der Waals surface area contributed by atoms with E-state index in [-0.39, 0.29) is 5.75 Å². The smallest absolute Gasteiger partial charge is 0.387 e. The normalized spacial score (nSPS) is 11.3. The van der Waals surface area contributed by atoms with Crippen LogP contribution in [0.5, 0.6) is 5.75 Å². The summed E-state index contributed by atoms with van der Waals surface area (Å²) in [5, 5.41) is 12.1. The van der Waals surface area contributed by atoms with Crippen LogP contribution in [0, 0.1) is 0 Å². The van der Waals surface area contributed by atoms with Gasteiger partial charge in [0.15, 0.2) is 11.4 Å². The second-order valence-electron chi connectivity index (χ2n) is 5.12. The number of aromatic nitrogens is 5. The Hall–Kier alpha value is -3.01. The van der Waals surface area contributed by atoms with Crippen LogP contribution in [0.2, 0.25) is 0 Å². The van der Waals surface area contributed by atoms with Crippen LogP contribution in [-0.4, -0.2) is 31.8 Å². The van der Waals surface area contributed by atoms with Crippen LogP contribution < -0.4 is 4.74 Å². The van der Waals surface area contributed by atoms with Gasteiger partial charge in [0.25, 0.3) is 5.22 Å². The molecule has 0 bridgehead atoms. The Balaban J connectivity index is 1.49. The highest BCUT2D eigenvalue weighted by molar-refractivity contribution is 7.98. The van der Waals surface area contributed by atoms with Gasteiger partial charge < -0.3 is 9.15 Å². The molecule has 26 heavy (non-hydrogen) atoms. The highest BCUT2D eigenvalue weighted by Crippen LogP contribution is 2.26. The lowest BCUT2D eigenvalue weighted by Gasteiger charge is -2.06. The van der Waals surface area contributed by atoms with E-state index < -0.39 is 6.61 Å². The first kappa shape index (κ1) is 16.5. The van der Waals surface area contributed by atoms with Gasteiger partial charge in [0.2, 0.25) is 0 Å². The zero-order valence-corrected chi connectivity index (χ0v) is 13.9. The summed E-state index contributed by atoms with van der Waals surface area (Å²) in [6.07, 6.45) is 0. The molecule has 0 radical (unpaired) electrons. The van der Waals surface area contributed by atoms with E-state index in [1.807, 2.05) is 24.3 Å². The van der Waals surface area contributed by atoms with Crippen molar-refractivity contribution in [3.63, 3.8) is 0 Å². The Labute approximate surface area is 150 Å². The third-order valence-electron chi connectivity index (χ3n) is 3.44. The first-order valence-electron chi connectivity index (χ1n) is 7.50. The summed E-state index contributed by atoms with van der Waals surface area (Å²) >= 11 is 1.36. The van der Waals surface area contributed by atoms with Gasteiger partial charge in [-0.25, -0.2) is 4.98 Å². The van der Waals surface area contributed by atoms with Gasteiger partial charge in [0.1, 0.15) is 11.3 Å². The Kier molecular flexibility index (Phi) is 4.48. The van der Waals surface area contributed by atoms with Gasteiger partial charge in [-0.3, -0.25) is 0 Å². The quantitative estimate of drug-likeness (QED) is 0.476. The summed E-state index contributed by atoms with van der Waals surface area (Å²) in [6, 6.07) is 13.5. The molecule has 0 saturated heterocycles. The molecule has 0 fully saturated rings. The van der Waals surface area contributed by atoms with Crippen molar-refractivity contribution in [2.24, 2.45) is 0 Å². The number of halogens is 2. The summed E-state index contributed by atoms with van der Waals surface area (Å²) in [4.78, 5) is 4.38. The summed E-state index contributed by atoms with van der Waals surface area (Å²) < 4.78 is 35.9. The zero-order chi connectivity index (χ0) is 17.9. The van der Waals surface area contributed by atoms with Gasteiger partial charge in [0, 0.05) is 0 Å². The van der Waals surface area contributed by atoms with Crippen molar-refractivity contribution >= 4 is 22.9 Å². The van der Waals surface area contributed by atoms with Crippen molar-refractivity contribution in [3.05, 3.63) is 54.4 Å². The van der Waals surface area contributed by atoms with Crippen LogP contribution in [0.15, 0.2) is 58.2 Å². The number of tetrazole rings is 1. The first-order valence-corrected chi connectivity index (χ1v) is 8.48. The minimum atomic E-state index is -2.86. The van der Waals surface area contributed by atoms with E-state index in [1.54, 1.807) is 12.1 Å². The van der Waals surface area contributed by atoms with Crippen LogP contribution in [-0.2, 0) is 5.75 Å². The van der Waals surface area contributed by atoms with Crippen LogP contribution in [0.25, 0.3) is 16.8 Å². The maximum Gasteiger partial charge on any atom is 0.387 e. The number of para-hydroxylation sites is 2. The van der Waals surface area contributed by atoms with Gasteiger partial charge in [-0.2, -0.15) is 13.5 Å². The molecule has 0 atom stereocenters. The first-order chi connectivity index (χ1) is 12.7. The number of hydrogen-bond acceptors (Lipinski definition) is 7. The number of thioether (sulfide) groups is 1. The van der Waals surface area contributed by atoms with Gasteiger partial charge >= 0.3 is 6.61 Å². The molecule has 0 aliphatic rings. The van der Waals surface area contributed by atoms with Crippen LogP contribution in [0.1, 0.15) is 5.82 Å². The van der Waals surface area contributed by atoms with E-state index >= 15 is 0 Å². The Morgan fingerprint density at radius 3 is 2.69 bits per heavy atom. The molecule has 0 saturated carbocycles. The second kappa shape index (κ2) is 7.08. The molecule has 0 spiro atoms. The van der Waals surface area contributed by atoms with E-state index in [4.69, 9.17) is 4.42 Å². The lowest BCUT2D eigenvalue weighted by molar-refractivity contribution is -0.0498. The molecule has 0 aliphatic heterocycles. The minimum Gasteiger partial charge on any atom is -0.435 e. The molecule has 2 aromatic carbocycles. The van der Waals surface area contributed by atoms with E-state index in [0.717, 1.165) is 5.52 Å². The molecular formula is C16H11F2N5O2S. The number of benzene rings is 2. The number of hydrogen-bond donors (Lipinski definition) is 0. The fraction of sp³-hybridized carbons (Fsp3) is 0.125. The molecular weight excluding hydrogens is 364 g/mol. The fourth-order valence-electron chi connectivity index (χ4n) is 2.30. The average molecular weight is 375 g/mol. The average Bonchev–Trinajstić information content (AvgIpc) is 3.26. The molecule has 10 heteroatoms. The summed E-state index contributed by atoms with van der Waals surface area (Å²) in [5.41, 5.74) is 2.12.